The van der Waals surface area contributed by atoms with Crippen LogP contribution in [0.3, 0.4) is 0 Å². The van der Waals surface area contributed by atoms with Crippen molar-refractivity contribution in [1.29, 1.82) is 0 Å². The van der Waals surface area contributed by atoms with Crippen LogP contribution < -0.4 is 5.32 Å². The smallest absolute Gasteiger partial charge is 0.330 e. The van der Waals surface area contributed by atoms with Gasteiger partial charge in [0, 0.05) is 11.8 Å². The van der Waals surface area contributed by atoms with Crippen LogP contribution in [0.15, 0.2) is 18.5 Å². The van der Waals surface area contributed by atoms with Crippen LogP contribution in [0.1, 0.15) is 25.3 Å². The number of ether oxygens (including phenoxy) is 1. The summed E-state index contributed by atoms with van der Waals surface area (Å²) in [6, 6.07) is 1.31. The molecule has 0 amide bonds. The summed E-state index contributed by atoms with van der Waals surface area (Å²) >= 11 is 0. The number of halogens is 1. The summed E-state index contributed by atoms with van der Waals surface area (Å²) in [6.07, 6.45) is 4.94. The molecule has 2 rings (SSSR count). The zero-order chi connectivity index (χ0) is 13.2. The van der Waals surface area contributed by atoms with E-state index >= 15 is 0 Å². The van der Waals surface area contributed by atoms with E-state index in [9.17, 15) is 9.18 Å². The Labute approximate surface area is 106 Å². The van der Waals surface area contributed by atoms with Crippen LogP contribution in [0.4, 0.5) is 4.39 Å². The molecule has 4 nitrogen and oxygen atoms in total. The topological polar surface area (TPSA) is 51.2 Å². The van der Waals surface area contributed by atoms with Gasteiger partial charge in [0.05, 0.1) is 13.3 Å². The molecule has 98 valence electrons. The van der Waals surface area contributed by atoms with Gasteiger partial charge in [-0.2, -0.15) is 0 Å². The van der Waals surface area contributed by atoms with E-state index in [2.05, 4.69) is 10.3 Å². The summed E-state index contributed by atoms with van der Waals surface area (Å²) in [5, 5.41) is 3.17. The number of nitrogens with zero attached hydrogens (tertiary/aromatic N) is 1. The first-order valence-corrected chi connectivity index (χ1v) is 6.00. The maximum Gasteiger partial charge on any atom is 0.330 e. The Kier molecular flexibility index (Phi) is 3.61. The molecule has 0 aliphatic heterocycles. The normalized spacial score (nSPS) is 18.2. The highest BCUT2D eigenvalue weighted by molar-refractivity contribution is 5.81. The van der Waals surface area contributed by atoms with Gasteiger partial charge in [-0.1, -0.05) is 0 Å². The lowest BCUT2D eigenvalue weighted by Crippen LogP contribution is -2.48. The number of rotatable bonds is 5. The Morgan fingerprint density at radius 3 is 2.89 bits per heavy atom. The standard InChI is InChI=1S/C13H17FN2O2/c1-13(12(17)18-2,16-6-9-3-4-9)10-5-11(14)8-15-7-10/h5,7-9,16H,3-4,6H2,1-2H3. The van der Waals surface area contributed by atoms with Crippen molar-refractivity contribution in [2.24, 2.45) is 5.92 Å². The van der Waals surface area contributed by atoms with Crippen LogP contribution in [-0.4, -0.2) is 24.6 Å². The Hall–Kier alpha value is -1.49. The number of pyridine rings is 1. The highest BCUT2D eigenvalue weighted by Crippen LogP contribution is 2.30. The molecule has 1 aromatic rings. The number of nitrogens with one attached hydrogen (secondary N) is 1. The fourth-order valence-corrected chi connectivity index (χ4v) is 1.85. The van der Waals surface area contributed by atoms with Gasteiger partial charge < -0.3 is 4.74 Å². The second kappa shape index (κ2) is 5.02. The van der Waals surface area contributed by atoms with Crippen LogP contribution in [-0.2, 0) is 15.1 Å². The average molecular weight is 252 g/mol. The molecule has 1 N–H and O–H groups in total. The summed E-state index contributed by atoms with van der Waals surface area (Å²) in [5.41, 5.74) is -0.568. The van der Waals surface area contributed by atoms with Crippen LogP contribution in [0.25, 0.3) is 0 Å². The third-order valence-electron chi connectivity index (χ3n) is 3.32. The monoisotopic (exact) mass is 252 g/mol. The van der Waals surface area contributed by atoms with Gasteiger partial charge in [0.15, 0.2) is 0 Å². The molecule has 1 aromatic heterocycles. The molecule has 1 fully saturated rings. The zero-order valence-corrected chi connectivity index (χ0v) is 10.6. The number of carbonyl (C=O) groups excluding carboxylic acids is 1. The van der Waals surface area contributed by atoms with Crippen LogP contribution in [0.5, 0.6) is 0 Å². The molecule has 1 unspecified atom stereocenters. The van der Waals surface area contributed by atoms with Crippen LogP contribution >= 0.6 is 0 Å². The van der Waals surface area contributed by atoms with Crippen LogP contribution in [0, 0.1) is 11.7 Å². The summed E-state index contributed by atoms with van der Waals surface area (Å²) < 4.78 is 18.0. The molecule has 0 aromatic carbocycles. The van der Waals surface area contributed by atoms with Gasteiger partial charge in [-0.3, -0.25) is 10.3 Å². The van der Waals surface area contributed by atoms with E-state index in [1.165, 1.54) is 32.2 Å². The molecule has 1 aliphatic rings. The largest absolute Gasteiger partial charge is 0.467 e. The second-order valence-electron chi connectivity index (χ2n) is 4.83. The zero-order valence-electron chi connectivity index (χ0n) is 10.6. The average Bonchev–Trinajstić information content (AvgIpc) is 3.19. The Balaban J connectivity index is 2.24. The van der Waals surface area contributed by atoms with Gasteiger partial charge >= 0.3 is 5.97 Å². The van der Waals surface area contributed by atoms with Crippen molar-refractivity contribution >= 4 is 5.97 Å². The third kappa shape index (κ3) is 2.67. The molecule has 0 radical (unpaired) electrons. The molecule has 18 heavy (non-hydrogen) atoms. The Morgan fingerprint density at radius 1 is 1.61 bits per heavy atom. The first-order valence-electron chi connectivity index (χ1n) is 6.00. The summed E-state index contributed by atoms with van der Waals surface area (Å²) in [7, 11) is 1.33. The summed E-state index contributed by atoms with van der Waals surface area (Å²) in [4.78, 5) is 15.7. The van der Waals surface area contributed by atoms with E-state index in [1.54, 1.807) is 6.92 Å². The van der Waals surface area contributed by atoms with Crippen LogP contribution in [0.2, 0.25) is 0 Å². The van der Waals surface area contributed by atoms with Crippen molar-refractivity contribution in [3.63, 3.8) is 0 Å². The van der Waals surface area contributed by atoms with E-state index in [1.807, 2.05) is 0 Å². The van der Waals surface area contributed by atoms with E-state index in [0.717, 1.165) is 12.7 Å². The lowest BCUT2D eigenvalue weighted by atomic mass is 9.93. The Bertz CT molecular complexity index is 448. The first-order chi connectivity index (χ1) is 8.56. The number of carbonyl (C=O) groups is 1. The molecular weight excluding hydrogens is 235 g/mol. The molecule has 1 heterocycles. The molecule has 1 atom stereocenters. The van der Waals surface area contributed by atoms with Gasteiger partial charge in [0.25, 0.3) is 0 Å². The summed E-state index contributed by atoms with van der Waals surface area (Å²) in [5.74, 6) is -0.290. The molecule has 0 bridgehead atoms. The van der Waals surface area contributed by atoms with E-state index in [0.29, 0.717) is 11.5 Å². The first kappa shape index (κ1) is 13.0. The number of esters is 1. The number of hydrogen-bond acceptors (Lipinski definition) is 4. The van der Waals surface area contributed by atoms with Crippen molar-refractivity contribution < 1.29 is 13.9 Å². The second-order valence-corrected chi connectivity index (χ2v) is 4.83. The van der Waals surface area contributed by atoms with Gasteiger partial charge in [0.1, 0.15) is 11.4 Å². The quantitative estimate of drug-likeness (QED) is 0.809. The minimum absolute atomic E-state index is 0.435. The van der Waals surface area contributed by atoms with Crippen molar-refractivity contribution in [3.05, 3.63) is 29.8 Å². The molecule has 0 saturated heterocycles. The van der Waals surface area contributed by atoms with Gasteiger partial charge in [-0.05, 0) is 38.3 Å². The molecule has 1 saturated carbocycles. The highest BCUT2D eigenvalue weighted by atomic mass is 19.1. The highest BCUT2D eigenvalue weighted by Gasteiger charge is 2.38. The third-order valence-corrected chi connectivity index (χ3v) is 3.32. The molecule has 5 heteroatoms. The van der Waals surface area contributed by atoms with Crippen molar-refractivity contribution in [2.45, 2.75) is 25.3 Å². The lowest BCUT2D eigenvalue weighted by molar-refractivity contribution is -0.148. The number of methoxy groups -OCH3 is 1. The van der Waals surface area contributed by atoms with E-state index < -0.39 is 17.3 Å². The van der Waals surface area contributed by atoms with Gasteiger partial charge in [-0.15, -0.1) is 0 Å². The predicted octanol–water partition coefficient (Wildman–Crippen LogP) is 1.61. The fourth-order valence-electron chi connectivity index (χ4n) is 1.85. The van der Waals surface area contributed by atoms with E-state index in [-0.39, 0.29) is 0 Å². The predicted molar refractivity (Wildman–Crippen MR) is 64.3 cm³/mol. The van der Waals surface area contributed by atoms with Gasteiger partial charge in [-0.25, -0.2) is 9.18 Å². The SMILES string of the molecule is COC(=O)C(C)(NCC1CC1)c1cncc(F)c1. The Morgan fingerprint density at radius 2 is 2.33 bits per heavy atom. The van der Waals surface area contributed by atoms with Crippen molar-refractivity contribution in [2.75, 3.05) is 13.7 Å². The van der Waals surface area contributed by atoms with Crippen molar-refractivity contribution in [3.8, 4) is 0 Å². The maximum absolute atomic E-state index is 13.2. The minimum Gasteiger partial charge on any atom is -0.467 e. The number of hydrogen-bond donors (Lipinski definition) is 1. The fraction of sp³-hybridized carbons (Fsp3) is 0.538. The molecular formula is C13H17FN2O2. The number of aromatic nitrogens is 1. The van der Waals surface area contributed by atoms with Gasteiger partial charge in [0.2, 0.25) is 0 Å². The maximum atomic E-state index is 13.2. The minimum atomic E-state index is -1.05. The van der Waals surface area contributed by atoms with E-state index in [4.69, 9.17) is 4.74 Å². The summed E-state index contributed by atoms with van der Waals surface area (Å²) in [6.45, 7) is 2.42. The van der Waals surface area contributed by atoms with Crippen molar-refractivity contribution in [1.82, 2.24) is 10.3 Å². The lowest BCUT2D eigenvalue weighted by Gasteiger charge is -2.28. The molecule has 0 spiro atoms. The molecule has 1 aliphatic carbocycles.